The van der Waals surface area contributed by atoms with Crippen LogP contribution >= 0.6 is 0 Å². The van der Waals surface area contributed by atoms with E-state index >= 15 is 0 Å². The zero-order chi connectivity index (χ0) is 21.7. The van der Waals surface area contributed by atoms with Gasteiger partial charge in [0.15, 0.2) is 0 Å². The number of benzene rings is 2. The van der Waals surface area contributed by atoms with Gasteiger partial charge in [-0.1, -0.05) is 31.5 Å². The third-order valence-corrected chi connectivity index (χ3v) is 7.06. The summed E-state index contributed by atoms with van der Waals surface area (Å²) in [5, 5.41) is 2.81. The lowest BCUT2D eigenvalue weighted by Crippen LogP contribution is -2.49. The van der Waals surface area contributed by atoms with Crippen LogP contribution < -0.4 is 5.32 Å². The second kappa shape index (κ2) is 9.40. The van der Waals surface area contributed by atoms with Crippen molar-refractivity contribution in [1.29, 1.82) is 0 Å². The van der Waals surface area contributed by atoms with E-state index in [0.29, 0.717) is 18.8 Å². The maximum atomic E-state index is 13.0. The van der Waals surface area contributed by atoms with E-state index < -0.39 is 10.0 Å². The van der Waals surface area contributed by atoms with Crippen molar-refractivity contribution in [1.82, 2.24) is 9.21 Å². The number of aryl methyl sites for hydroxylation is 1. The Bertz CT molecular complexity index is 1010. The number of nitrogens with zero attached hydrogens (tertiary/aromatic N) is 2. The van der Waals surface area contributed by atoms with Crippen LogP contribution in [0.1, 0.15) is 36.2 Å². The molecule has 1 N–H and O–H groups in total. The molecule has 0 spiro atoms. The fourth-order valence-corrected chi connectivity index (χ4v) is 4.91. The Hall–Kier alpha value is -2.71. The van der Waals surface area contributed by atoms with Crippen LogP contribution in [0.15, 0.2) is 53.4 Å². The molecule has 0 bridgehead atoms. The minimum atomic E-state index is -3.74. The van der Waals surface area contributed by atoms with Crippen LogP contribution in [0.3, 0.4) is 0 Å². The number of sulfonamides is 1. The molecule has 1 heterocycles. The fourth-order valence-electron chi connectivity index (χ4n) is 3.44. The molecule has 1 fully saturated rings. The van der Waals surface area contributed by atoms with Crippen molar-refractivity contribution in [3.8, 4) is 0 Å². The Morgan fingerprint density at radius 2 is 1.67 bits per heavy atom. The molecule has 3 rings (SSSR count). The number of carbonyl (C=O) groups excluding carboxylic acids is 2. The van der Waals surface area contributed by atoms with Crippen LogP contribution in [0.2, 0.25) is 0 Å². The van der Waals surface area contributed by atoms with Gasteiger partial charge in [-0.2, -0.15) is 4.31 Å². The van der Waals surface area contributed by atoms with Gasteiger partial charge in [-0.3, -0.25) is 9.59 Å². The molecule has 0 aromatic heterocycles. The van der Waals surface area contributed by atoms with Crippen molar-refractivity contribution >= 4 is 27.5 Å². The highest BCUT2D eigenvalue weighted by molar-refractivity contribution is 7.89. The highest BCUT2D eigenvalue weighted by atomic mass is 32.2. The zero-order valence-corrected chi connectivity index (χ0v) is 18.1. The summed E-state index contributed by atoms with van der Waals surface area (Å²) in [5.41, 5.74) is 2.14. The van der Waals surface area contributed by atoms with Crippen LogP contribution in [0.5, 0.6) is 0 Å². The van der Waals surface area contributed by atoms with Gasteiger partial charge < -0.3 is 10.2 Å². The monoisotopic (exact) mass is 429 g/mol. The fraction of sp³-hybridized carbons (Fsp3) is 0.364. The van der Waals surface area contributed by atoms with Crippen molar-refractivity contribution < 1.29 is 18.0 Å². The second-order valence-corrected chi connectivity index (χ2v) is 9.28. The molecule has 30 heavy (non-hydrogen) atoms. The highest BCUT2D eigenvalue weighted by Crippen LogP contribution is 2.20. The summed E-state index contributed by atoms with van der Waals surface area (Å²) in [7, 11) is -3.74. The highest BCUT2D eigenvalue weighted by Gasteiger charge is 2.29. The molecular formula is C22H27N3O4S. The summed E-state index contributed by atoms with van der Waals surface area (Å²) in [6.07, 6.45) is 2.03. The number of amides is 2. The maximum Gasteiger partial charge on any atom is 0.255 e. The van der Waals surface area contributed by atoms with Crippen molar-refractivity contribution in [2.45, 2.75) is 31.6 Å². The SMILES string of the molecule is CCCc1ccc(NC(=O)c2cccc(S(=O)(=O)N3CCN(C(C)=O)CC3)c2)cc1. The van der Waals surface area contributed by atoms with Gasteiger partial charge in [0.2, 0.25) is 15.9 Å². The molecule has 8 heteroatoms. The first-order valence-electron chi connectivity index (χ1n) is 10.1. The number of rotatable bonds is 6. The van der Waals surface area contributed by atoms with E-state index in [1.807, 2.05) is 24.3 Å². The predicted octanol–water partition coefficient (Wildman–Crippen LogP) is 2.74. The predicted molar refractivity (Wildman–Crippen MR) is 116 cm³/mol. The number of carbonyl (C=O) groups is 2. The lowest BCUT2D eigenvalue weighted by Gasteiger charge is -2.33. The standard InChI is InChI=1S/C22H27N3O4S/c1-3-5-18-8-10-20(11-9-18)23-22(27)19-6-4-7-21(16-19)30(28,29)25-14-12-24(13-15-25)17(2)26/h4,6-11,16H,3,5,12-15H2,1-2H3,(H,23,27). The molecule has 160 valence electrons. The maximum absolute atomic E-state index is 13.0. The Kier molecular flexibility index (Phi) is 6.89. The number of hydrogen-bond donors (Lipinski definition) is 1. The lowest BCUT2D eigenvalue weighted by atomic mass is 10.1. The Morgan fingerprint density at radius 3 is 2.27 bits per heavy atom. The average Bonchev–Trinajstić information content (AvgIpc) is 2.75. The molecule has 0 saturated carbocycles. The van der Waals surface area contributed by atoms with Gasteiger partial charge in [0.1, 0.15) is 0 Å². The minimum Gasteiger partial charge on any atom is -0.340 e. The molecule has 0 aliphatic carbocycles. The van der Waals surface area contributed by atoms with E-state index in [2.05, 4.69) is 12.2 Å². The topological polar surface area (TPSA) is 86.8 Å². The van der Waals surface area contributed by atoms with Gasteiger partial charge in [-0.15, -0.1) is 0 Å². The molecule has 0 radical (unpaired) electrons. The van der Waals surface area contributed by atoms with Crippen molar-refractivity contribution in [3.05, 3.63) is 59.7 Å². The van der Waals surface area contributed by atoms with E-state index in [1.165, 1.54) is 28.9 Å². The quantitative estimate of drug-likeness (QED) is 0.765. The van der Waals surface area contributed by atoms with Gasteiger partial charge in [0.25, 0.3) is 5.91 Å². The smallest absolute Gasteiger partial charge is 0.255 e. The van der Waals surface area contributed by atoms with Crippen LogP contribution in [0, 0.1) is 0 Å². The third kappa shape index (κ3) is 5.06. The minimum absolute atomic E-state index is 0.0616. The number of anilines is 1. The molecule has 0 unspecified atom stereocenters. The van der Waals surface area contributed by atoms with Crippen molar-refractivity contribution in [2.75, 3.05) is 31.5 Å². The van der Waals surface area contributed by atoms with E-state index in [-0.39, 0.29) is 35.4 Å². The Balaban J connectivity index is 1.72. The number of piperazine rings is 1. The van der Waals surface area contributed by atoms with E-state index in [9.17, 15) is 18.0 Å². The van der Waals surface area contributed by atoms with Crippen molar-refractivity contribution in [2.24, 2.45) is 0 Å². The molecular weight excluding hydrogens is 402 g/mol. The number of hydrogen-bond acceptors (Lipinski definition) is 4. The lowest BCUT2D eigenvalue weighted by molar-refractivity contribution is -0.129. The van der Waals surface area contributed by atoms with E-state index in [1.54, 1.807) is 17.0 Å². The Labute approximate surface area is 177 Å². The summed E-state index contributed by atoms with van der Waals surface area (Å²) >= 11 is 0. The van der Waals surface area contributed by atoms with Crippen molar-refractivity contribution in [3.63, 3.8) is 0 Å². The molecule has 2 aromatic carbocycles. The van der Waals surface area contributed by atoms with Gasteiger partial charge in [0, 0.05) is 44.4 Å². The van der Waals surface area contributed by atoms with Gasteiger partial charge in [-0.25, -0.2) is 8.42 Å². The summed E-state index contributed by atoms with van der Waals surface area (Å²) in [6, 6.07) is 13.7. The first-order valence-corrected chi connectivity index (χ1v) is 11.5. The molecule has 1 saturated heterocycles. The molecule has 2 amide bonds. The summed E-state index contributed by atoms with van der Waals surface area (Å²) in [4.78, 5) is 25.8. The molecule has 1 aliphatic heterocycles. The molecule has 7 nitrogen and oxygen atoms in total. The van der Waals surface area contributed by atoms with Gasteiger partial charge in [-0.05, 0) is 42.3 Å². The first kappa shape index (κ1) is 22.0. The summed E-state index contributed by atoms with van der Waals surface area (Å²) in [5.74, 6) is -0.426. The molecule has 1 aliphatic rings. The average molecular weight is 430 g/mol. The second-order valence-electron chi connectivity index (χ2n) is 7.34. The van der Waals surface area contributed by atoms with E-state index in [0.717, 1.165) is 12.8 Å². The zero-order valence-electron chi connectivity index (χ0n) is 17.3. The summed E-state index contributed by atoms with van der Waals surface area (Å²) < 4.78 is 27.3. The van der Waals surface area contributed by atoms with E-state index in [4.69, 9.17) is 0 Å². The van der Waals surface area contributed by atoms with Crippen LogP contribution in [0.25, 0.3) is 0 Å². The third-order valence-electron chi connectivity index (χ3n) is 5.17. The number of nitrogens with one attached hydrogen (secondary N) is 1. The molecule has 2 aromatic rings. The summed E-state index contributed by atoms with van der Waals surface area (Å²) in [6.45, 7) is 4.79. The largest absolute Gasteiger partial charge is 0.340 e. The van der Waals surface area contributed by atoms with Crippen LogP contribution in [-0.2, 0) is 21.2 Å². The van der Waals surface area contributed by atoms with Gasteiger partial charge >= 0.3 is 0 Å². The van der Waals surface area contributed by atoms with Gasteiger partial charge in [0.05, 0.1) is 4.90 Å². The normalized spacial score (nSPS) is 15.1. The van der Waals surface area contributed by atoms with Crippen LogP contribution in [0.4, 0.5) is 5.69 Å². The van der Waals surface area contributed by atoms with Crippen LogP contribution in [-0.4, -0.2) is 55.6 Å². The molecule has 0 atom stereocenters. The first-order chi connectivity index (χ1) is 14.3. The Morgan fingerprint density at radius 1 is 1.00 bits per heavy atom.